The number of Topliss-reactive ketones (excluding diaryl/α,β-unsaturated/α-hetero) is 1. The zero-order chi connectivity index (χ0) is 25.5. The van der Waals surface area contributed by atoms with Gasteiger partial charge in [0.15, 0.2) is 0 Å². The van der Waals surface area contributed by atoms with Gasteiger partial charge in [-0.15, -0.1) is 11.8 Å². The van der Waals surface area contributed by atoms with Gasteiger partial charge in [-0.3, -0.25) is 13.8 Å². The van der Waals surface area contributed by atoms with Crippen molar-refractivity contribution in [3.63, 3.8) is 0 Å². The van der Waals surface area contributed by atoms with E-state index < -0.39 is 32.1 Å². The average Bonchev–Trinajstić information content (AvgIpc) is 3.32. The second-order valence-electron chi connectivity index (χ2n) is 9.11. The fourth-order valence-corrected chi connectivity index (χ4v) is 5.59. The summed E-state index contributed by atoms with van der Waals surface area (Å²) in [5.74, 6) is 5.31. The maximum atomic E-state index is 12.4. The number of hydrogen-bond acceptors (Lipinski definition) is 7. The van der Waals surface area contributed by atoms with Crippen LogP contribution in [-0.2, 0) is 28.6 Å². The van der Waals surface area contributed by atoms with E-state index in [1.54, 1.807) is 0 Å². The molecule has 0 saturated heterocycles. The highest BCUT2D eigenvalue weighted by Crippen LogP contribution is 2.62. The van der Waals surface area contributed by atoms with Gasteiger partial charge in [-0.25, -0.2) is 0 Å². The van der Waals surface area contributed by atoms with Crippen molar-refractivity contribution in [1.29, 1.82) is 0 Å². The number of rotatable bonds is 13. The first kappa shape index (κ1) is 29.7. The SMILES string of the molecule is CCCCCC(OS(C)(=O)=O)C(O)C1C2CC(=O)C(CC#CCCCC(=O)OCC(Cl)(Cl)Cl)C21. The topological polar surface area (TPSA) is 107 Å². The molecule has 0 spiro atoms. The van der Waals surface area contributed by atoms with E-state index in [0.717, 1.165) is 25.5 Å². The van der Waals surface area contributed by atoms with E-state index in [1.165, 1.54) is 0 Å². The summed E-state index contributed by atoms with van der Waals surface area (Å²) in [7, 11) is -3.70. The lowest BCUT2D eigenvalue weighted by Crippen LogP contribution is -2.35. The Labute approximate surface area is 217 Å². The highest BCUT2D eigenvalue weighted by molar-refractivity contribution is 7.86. The third-order valence-electron chi connectivity index (χ3n) is 6.30. The predicted octanol–water partition coefficient (Wildman–Crippen LogP) is 4.20. The van der Waals surface area contributed by atoms with E-state index in [1.807, 2.05) is 6.92 Å². The molecule has 2 aliphatic carbocycles. The fourth-order valence-electron chi connectivity index (χ4n) is 4.77. The molecule has 2 fully saturated rings. The number of halogens is 3. The van der Waals surface area contributed by atoms with Crippen molar-refractivity contribution in [3.05, 3.63) is 0 Å². The first-order valence-electron chi connectivity index (χ1n) is 11.6. The van der Waals surface area contributed by atoms with Crippen LogP contribution in [0.5, 0.6) is 0 Å². The van der Waals surface area contributed by atoms with Gasteiger partial charge in [0.2, 0.25) is 3.79 Å². The summed E-state index contributed by atoms with van der Waals surface area (Å²) in [4.78, 5) is 24.0. The van der Waals surface area contributed by atoms with E-state index in [9.17, 15) is 23.1 Å². The smallest absolute Gasteiger partial charge is 0.305 e. The molecular weight excluding hydrogens is 527 g/mol. The molecule has 2 rings (SSSR count). The number of hydrogen-bond donors (Lipinski definition) is 1. The average molecular weight is 560 g/mol. The first-order valence-corrected chi connectivity index (χ1v) is 14.6. The maximum Gasteiger partial charge on any atom is 0.305 e. The Kier molecular flexibility index (Phi) is 11.4. The van der Waals surface area contributed by atoms with Crippen molar-refractivity contribution in [3.8, 4) is 11.8 Å². The maximum absolute atomic E-state index is 12.4. The van der Waals surface area contributed by atoms with Crippen molar-refractivity contribution in [2.75, 3.05) is 12.9 Å². The molecule has 2 aliphatic rings. The molecule has 0 aromatic rings. The third-order valence-corrected chi connectivity index (χ3v) is 7.22. The van der Waals surface area contributed by atoms with Crippen molar-refractivity contribution < 1.29 is 32.0 Å². The Hall–Kier alpha value is -0.560. The minimum Gasteiger partial charge on any atom is -0.461 e. The molecular formula is C23H33Cl3O7S. The van der Waals surface area contributed by atoms with Crippen molar-refractivity contribution in [1.82, 2.24) is 0 Å². The summed E-state index contributed by atoms with van der Waals surface area (Å²) >= 11 is 16.6. The number of alkyl halides is 3. The number of esters is 1. The largest absolute Gasteiger partial charge is 0.461 e. The number of ether oxygens (including phenoxy) is 1. The van der Waals surface area contributed by atoms with Crippen LogP contribution in [0.25, 0.3) is 0 Å². The molecule has 0 aromatic carbocycles. The highest BCUT2D eigenvalue weighted by Gasteiger charge is 2.64. The lowest BCUT2D eigenvalue weighted by molar-refractivity contribution is -0.143. The van der Waals surface area contributed by atoms with Crippen LogP contribution in [0.15, 0.2) is 0 Å². The van der Waals surface area contributed by atoms with Crippen molar-refractivity contribution >= 4 is 56.7 Å². The van der Waals surface area contributed by atoms with Crippen LogP contribution in [-0.4, -0.2) is 54.1 Å². The molecule has 0 heterocycles. The standard InChI is InChI=1S/C23H33Cl3O7S/c1-3-4-7-11-18(33-34(2,30)31)22(29)21-16-13-17(27)15(20(16)21)10-8-5-6-9-12-19(28)32-14-23(24,25)26/h15-16,18,20-22,29H,3-4,6-7,9-14H2,1-2H3. The molecule has 34 heavy (non-hydrogen) atoms. The molecule has 0 bridgehead atoms. The number of aliphatic hydroxyl groups excluding tert-OH is 1. The Balaban J connectivity index is 1.82. The number of aliphatic hydroxyl groups is 1. The third kappa shape index (κ3) is 9.83. The number of ketones is 1. The zero-order valence-electron chi connectivity index (χ0n) is 19.5. The van der Waals surface area contributed by atoms with Crippen LogP contribution in [0.1, 0.15) is 64.7 Å². The van der Waals surface area contributed by atoms with Crippen molar-refractivity contribution in [2.45, 2.75) is 80.7 Å². The summed E-state index contributed by atoms with van der Waals surface area (Å²) in [5.41, 5.74) is 0. The van der Waals surface area contributed by atoms with Gasteiger partial charge in [0.25, 0.3) is 10.1 Å². The molecule has 194 valence electrons. The van der Waals surface area contributed by atoms with Crippen LogP contribution in [0, 0.1) is 35.5 Å². The molecule has 11 heteroatoms. The van der Waals surface area contributed by atoms with Gasteiger partial charge in [0, 0.05) is 31.6 Å². The Morgan fingerprint density at radius 3 is 2.56 bits per heavy atom. The highest BCUT2D eigenvalue weighted by atomic mass is 35.6. The van der Waals surface area contributed by atoms with Gasteiger partial charge in [-0.05, 0) is 30.6 Å². The Morgan fingerprint density at radius 1 is 1.24 bits per heavy atom. The second kappa shape index (κ2) is 13.1. The minimum atomic E-state index is -3.70. The van der Waals surface area contributed by atoms with Crippen LogP contribution in [0.3, 0.4) is 0 Å². The first-order chi connectivity index (χ1) is 15.8. The van der Waals surface area contributed by atoms with Crippen LogP contribution >= 0.6 is 34.8 Å². The molecule has 0 aromatic heterocycles. The fraction of sp³-hybridized carbons (Fsp3) is 0.826. The Morgan fingerprint density at radius 2 is 1.94 bits per heavy atom. The molecule has 6 atom stereocenters. The van der Waals surface area contributed by atoms with Crippen molar-refractivity contribution in [2.24, 2.45) is 23.7 Å². The quantitative estimate of drug-likeness (QED) is 0.118. The molecule has 6 unspecified atom stereocenters. The van der Waals surface area contributed by atoms with Crippen LogP contribution in [0.4, 0.5) is 0 Å². The van der Waals surface area contributed by atoms with E-state index >= 15 is 0 Å². The van der Waals surface area contributed by atoms with E-state index in [4.69, 9.17) is 43.7 Å². The molecule has 0 aliphatic heterocycles. The second-order valence-corrected chi connectivity index (χ2v) is 13.2. The summed E-state index contributed by atoms with van der Waals surface area (Å²) in [6, 6.07) is 0. The van der Waals surface area contributed by atoms with Crippen LogP contribution in [0.2, 0.25) is 0 Å². The summed E-state index contributed by atoms with van der Waals surface area (Å²) in [5, 5.41) is 10.9. The molecule has 2 saturated carbocycles. The van der Waals surface area contributed by atoms with Gasteiger partial charge >= 0.3 is 5.97 Å². The molecule has 0 amide bonds. The van der Waals surface area contributed by atoms with E-state index in [-0.39, 0.29) is 42.5 Å². The number of fused-ring (bicyclic) bond motifs is 1. The van der Waals surface area contributed by atoms with Gasteiger partial charge in [-0.1, -0.05) is 61.0 Å². The summed E-state index contributed by atoms with van der Waals surface area (Å²) < 4.78 is 31.8. The lowest BCUT2D eigenvalue weighted by Gasteiger charge is -2.24. The monoisotopic (exact) mass is 558 g/mol. The zero-order valence-corrected chi connectivity index (χ0v) is 22.6. The van der Waals surface area contributed by atoms with Gasteiger partial charge in [-0.2, -0.15) is 8.42 Å². The molecule has 7 nitrogen and oxygen atoms in total. The summed E-state index contributed by atoms with van der Waals surface area (Å²) in [6.45, 7) is 1.74. The number of carbonyl (C=O) groups excluding carboxylic acids is 2. The Bertz CT molecular complexity index is 875. The number of carbonyl (C=O) groups is 2. The molecule has 1 N–H and O–H groups in total. The normalized spacial score (nSPS) is 25.8. The van der Waals surface area contributed by atoms with E-state index in [0.29, 0.717) is 32.1 Å². The van der Waals surface area contributed by atoms with Gasteiger partial charge in [0.1, 0.15) is 18.5 Å². The lowest BCUT2D eigenvalue weighted by atomic mass is 9.91. The number of unbranched alkanes of at least 4 members (excludes halogenated alkanes) is 3. The van der Waals surface area contributed by atoms with Gasteiger partial charge in [0.05, 0.1) is 12.4 Å². The van der Waals surface area contributed by atoms with Crippen LogP contribution < -0.4 is 0 Å². The summed E-state index contributed by atoms with van der Waals surface area (Å²) in [6.07, 6.45) is 4.26. The van der Waals surface area contributed by atoms with E-state index in [2.05, 4.69) is 11.8 Å². The molecule has 0 radical (unpaired) electrons. The minimum absolute atomic E-state index is 0.00513. The predicted molar refractivity (Wildman–Crippen MR) is 131 cm³/mol. The van der Waals surface area contributed by atoms with Gasteiger partial charge < -0.3 is 9.84 Å².